The van der Waals surface area contributed by atoms with Crippen LogP contribution in [0.3, 0.4) is 0 Å². The fraction of sp³-hybridized carbons (Fsp3) is 0.714. The molecule has 9 atom stereocenters. The summed E-state index contributed by atoms with van der Waals surface area (Å²) < 4.78 is 16.5. The average molecular weight is 501 g/mol. The van der Waals surface area contributed by atoms with Crippen LogP contribution in [0.4, 0.5) is 0 Å². The largest absolute Gasteiger partial charge is 0.463 e. The van der Waals surface area contributed by atoms with Gasteiger partial charge in [-0.3, -0.25) is 14.4 Å². The summed E-state index contributed by atoms with van der Waals surface area (Å²) in [6.45, 7) is 6.71. The Balaban J connectivity index is 1.57. The van der Waals surface area contributed by atoms with Crippen LogP contribution in [-0.2, 0) is 23.9 Å². The number of carbonyl (C=O) groups is 3. The molecule has 5 rings (SSSR count). The van der Waals surface area contributed by atoms with Crippen molar-refractivity contribution in [3.63, 3.8) is 0 Å². The lowest BCUT2D eigenvalue weighted by Gasteiger charge is -2.64. The van der Waals surface area contributed by atoms with E-state index >= 15 is 0 Å². The molecule has 3 unspecified atom stereocenters. The Bertz CT molecular complexity index is 1120. The lowest BCUT2D eigenvalue weighted by molar-refractivity contribution is -0.234. The van der Waals surface area contributed by atoms with Crippen LogP contribution in [0.2, 0.25) is 0 Å². The van der Waals surface area contributed by atoms with E-state index in [-0.39, 0.29) is 46.9 Å². The molecule has 0 saturated heterocycles. The first-order chi connectivity index (χ1) is 16.9. The lowest BCUT2D eigenvalue weighted by atomic mass is 9.42. The van der Waals surface area contributed by atoms with E-state index in [1.54, 1.807) is 13.0 Å². The summed E-state index contributed by atoms with van der Waals surface area (Å²) in [5.74, 6) is -1.77. The summed E-state index contributed by atoms with van der Waals surface area (Å²) in [5, 5.41) is 12.4. The second-order valence-corrected chi connectivity index (χ2v) is 11.9. The number of ether oxygens (including phenoxy) is 2. The van der Waals surface area contributed by atoms with Crippen LogP contribution < -0.4 is 5.63 Å². The fourth-order valence-corrected chi connectivity index (χ4v) is 8.72. The van der Waals surface area contributed by atoms with Gasteiger partial charge in [0.1, 0.15) is 6.10 Å². The highest BCUT2D eigenvalue weighted by molar-refractivity contribution is 5.94. The number of hydrogen-bond acceptors (Lipinski definition) is 8. The minimum absolute atomic E-state index is 0.152. The third kappa shape index (κ3) is 3.51. The summed E-state index contributed by atoms with van der Waals surface area (Å²) in [6, 6.07) is 3.01. The number of Topliss-reactive ketones (excluding diaryl/α,β-unsaturated/α-hetero) is 1. The van der Waals surface area contributed by atoms with Crippen molar-refractivity contribution in [1.82, 2.24) is 0 Å². The predicted octanol–water partition coefficient (Wildman–Crippen LogP) is 3.53. The molecular weight excluding hydrogens is 464 g/mol. The second-order valence-electron chi connectivity index (χ2n) is 11.9. The maximum Gasteiger partial charge on any atom is 0.335 e. The smallest absolute Gasteiger partial charge is 0.335 e. The zero-order valence-electron chi connectivity index (χ0n) is 21.5. The molecular formula is C28H36O8. The van der Waals surface area contributed by atoms with E-state index in [0.717, 1.165) is 12.8 Å². The summed E-state index contributed by atoms with van der Waals surface area (Å²) in [4.78, 5) is 49.8. The van der Waals surface area contributed by atoms with Crippen molar-refractivity contribution < 1.29 is 33.4 Å². The molecule has 0 spiro atoms. The normalized spacial score (nSPS) is 43.6. The van der Waals surface area contributed by atoms with Crippen molar-refractivity contribution in [2.24, 2.45) is 28.6 Å². The number of carbonyl (C=O) groups excluding carboxylic acids is 3. The minimum Gasteiger partial charge on any atom is -0.463 e. The Kier molecular flexibility index (Phi) is 5.97. The molecule has 1 heterocycles. The molecule has 4 fully saturated rings. The van der Waals surface area contributed by atoms with Crippen LogP contribution in [0.5, 0.6) is 0 Å². The second kappa shape index (κ2) is 8.54. The lowest BCUT2D eigenvalue weighted by Crippen LogP contribution is -2.70. The van der Waals surface area contributed by atoms with Gasteiger partial charge >= 0.3 is 17.6 Å². The van der Waals surface area contributed by atoms with Crippen LogP contribution in [0.25, 0.3) is 0 Å². The standard InChI is InChI=1S/C28H36O8/c1-15(29)35-19-9-11-26(3)18(13-19)6-7-21-23(26)24(36-16(2)30)25(32)27(4)20(10-12-28(21,27)33)17-5-8-22(31)34-14-17/h5,8,14,18-21,23-24,33H,6-7,9-13H2,1-4H3/t18-,19+,20-,21?,23?,24?,26+,27+,28+/m1/s1. The summed E-state index contributed by atoms with van der Waals surface area (Å²) in [6.07, 6.45) is 4.94. The first-order valence-corrected chi connectivity index (χ1v) is 13.1. The Hall–Kier alpha value is -2.48. The number of esters is 2. The van der Waals surface area contributed by atoms with E-state index in [9.17, 15) is 24.3 Å². The highest BCUT2D eigenvalue weighted by Gasteiger charge is 2.74. The number of rotatable bonds is 3. The van der Waals surface area contributed by atoms with Gasteiger partial charge in [-0.1, -0.05) is 6.92 Å². The van der Waals surface area contributed by atoms with Gasteiger partial charge in [0.25, 0.3) is 0 Å². The van der Waals surface area contributed by atoms with Gasteiger partial charge in [0, 0.05) is 31.7 Å². The molecule has 4 aliphatic rings. The van der Waals surface area contributed by atoms with Crippen LogP contribution in [0.15, 0.2) is 27.6 Å². The molecule has 0 aromatic carbocycles. The number of aliphatic hydroxyl groups is 1. The number of ketones is 1. The third-order valence-corrected chi connectivity index (χ3v) is 10.4. The van der Waals surface area contributed by atoms with Gasteiger partial charge in [-0.05, 0) is 80.8 Å². The SMILES string of the molecule is CC(=O)OC1C(=O)[C@]2(C)[C@@H](c3ccc(=O)oc3)CC[C@]2(O)C2CC[C@@H]3C[C@@H](OC(C)=O)CC[C@]3(C)C12. The summed E-state index contributed by atoms with van der Waals surface area (Å²) >= 11 is 0. The highest BCUT2D eigenvalue weighted by Crippen LogP contribution is 2.69. The van der Waals surface area contributed by atoms with Crippen molar-refractivity contribution in [1.29, 1.82) is 0 Å². The minimum atomic E-state index is -1.27. The average Bonchev–Trinajstić information content (AvgIpc) is 3.09. The van der Waals surface area contributed by atoms with Gasteiger partial charge in [0.2, 0.25) is 0 Å². The molecule has 196 valence electrons. The van der Waals surface area contributed by atoms with Crippen LogP contribution in [-0.4, -0.2) is 40.6 Å². The molecule has 0 bridgehead atoms. The van der Waals surface area contributed by atoms with Gasteiger partial charge < -0.3 is 19.0 Å². The first-order valence-electron chi connectivity index (χ1n) is 13.1. The predicted molar refractivity (Wildman–Crippen MR) is 128 cm³/mol. The summed E-state index contributed by atoms with van der Waals surface area (Å²) in [7, 11) is 0. The van der Waals surface area contributed by atoms with Gasteiger partial charge in [-0.25, -0.2) is 4.79 Å². The first kappa shape index (κ1) is 25.2. The molecule has 36 heavy (non-hydrogen) atoms. The molecule has 4 saturated carbocycles. The molecule has 1 N–H and O–H groups in total. The Morgan fingerprint density at radius 2 is 1.72 bits per heavy atom. The topological polar surface area (TPSA) is 120 Å². The zero-order valence-corrected chi connectivity index (χ0v) is 21.5. The van der Waals surface area contributed by atoms with Crippen molar-refractivity contribution in [2.75, 3.05) is 0 Å². The monoisotopic (exact) mass is 500 g/mol. The van der Waals surface area contributed by atoms with E-state index in [2.05, 4.69) is 6.92 Å². The van der Waals surface area contributed by atoms with E-state index in [1.807, 2.05) is 0 Å². The maximum atomic E-state index is 14.4. The number of hydrogen-bond donors (Lipinski definition) is 1. The summed E-state index contributed by atoms with van der Waals surface area (Å²) in [5.41, 5.74) is -2.58. The number of fused-ring (bicyclic) bond motifs is 5. The van der Waals surface area contributed by atoms with Gasteiger partial charge in [-0.2, -0.15) is 0 Å². The van der Waals surface area contributed by atoms with Crippen molar-refractivity contribution >= 4 is 17.7 Å². The third-order valence-electron chi connectivity index (χ3n) is 10.4. The Morgan fingerprint density at radius 3 is 2.36 bits per heavy atom. The van der Waals surface area contributed by atoms with E-state index in [1.165, 1.54) is 26.2 Å². The Labute approximate surface area is 210 Å². The van der Waals surface area contributed by atoms with Crippen molar-refractivity contribution in [3.05, 3.63) is 34.4 Å². The van der Waals surface area contributed by atoms with E-state index < -0.39 is 28.7 Å². The van der Waals surface area contributed by atoms with Crippen molar-refractivity contribution in [3.8, 4) is 0 Å². The van der Waals surface area contributed by atoms with Gasteiger partial charge in [0.15, 0.2) is 11.9 Å². The zero-order chi connectivity index (χ0) is 26.0. The molecule has 1 aromatic rings. The van der Waals surface area contributed by atoms with E-state index in [4.69, 9.17) is 13.9 Å². The van der Waals surface area contributed by atoms with Gasteiger partial charge in [0.05, 0.1) is 17.3 Å². The maximum absolute atomic E-state index is 14.4. The van der Waals surface area contributed by atoms with Crippen LogP contribution in [0, 0.1) is 28.6 Å². The molecule has 1 aromatic heterocycles. The molecule has 4 aliphatic carbocycles. The molecule has 0 aliphatic heterocycles. The van der Waals surface area contributed by atoms with E-state index in [0.29, 0.717) is 37.7 Å². The van der Waals surface area contributed by atoms with Gasteiger partial charge in [-0.15, -0.1) is 0 Å². The molecule has 0 radical (unpaired) electrons. The molecule has 0 amide bonds. The van der Waals surface area contributed by atoms with Crippen molar-refractivity contribution in [2.45, 2.75) is 96.4 Å². The quantitative estimate of drug-likeness (QED) is 0.626. The molecule has 8 heteroatoms. The fourth-order valence-electron chi connectivity index (χ4n) is 8.72. The van der Waals surface area contributed by atoms with Crippen LogP contribution in [0.1, 0.15) is 84.1 Å². The Morgan fingerprint density at radius 1 is 1.00 bits per heavy atom. The van der Waals surface area contributed by atoms with Crippen LogP contribution >= 0.6 is 0 Å². The highest BCUT2D eigenvalue weighted by atomic mass is 16.5. The molecule has 8 nitrogen and oxygen atoms in total.